The molecular formula is C18H18F3N3O. The number of benzene rings is 1. The maximum atomic E-state index is 13.1. The van der Waals surface area contributed by atoms with E-state index in [2.05, 4.69) is 14.9 Å². The first-order valence-electron chi connectivity index (χ1n) is 8.38. The highest BCUT2D eigenvalue weighted by Crippen LogP contribution is 2.36. The summed E-state index contributed by atoms with van der Waals surface area (Å²) in [6, 6.07) is 5.66. The van der Waals surface area contributed by atoms with Crippen LogP contribution in [0.5, 0.6) is 6.01 Å². The molecule has 0 spiro atoms. The number of alkyl halides is 3. The van der Waals surface area contributed by atoms with Crippen molar-refractivity contribution in [3.63, 3.8) is 0 Å². The monoisotopic (exact) mass is 349 g/mol. The highest BCUT2D eigenvalue weighted by Gasteiger charge is 2.36. The maximum Gasteiger partial charge on any atom is 0.417 e. The highest BCUT2D eigenvalue weighted by atomic mass is 19.4. The lowest BCUT2D eigenvalue weighted by Crippen LogP contribution is -2.52. The number of nitrogens with zero attached hydrogens (tertiary/aromatic N) is 3. The zero-order chi connectivity index (χ0) is 17.4. The van der Waals surface area contributed by atoms with Crippen LogP contribution in [0.3, 0.4) is 0 Å². The van der Waals surface area contributed by atoms with Crippen LogP contribution in [0.25, 0.3) is 11.1 Å². The molecule has 2 aromatic rings. The van der Waals surface area contributed by atoms with E-state index in [0.717, 1.165) is 38.5 Å². The van der Waals surface area contributed by atoms with E-state index < -0.39 is 11.7 Å². The quantitative estimate of drug-likeness (QED) is 0.848. The molecule has 25 heavy (non-hydrogen) atoms. The van der Waals surface area contributed by atoms with Gasteiger partial charge >= 0.3 is 12.2 Å². The molecule has 0 radical (unpaired) electrons. The molecule has 3 fully saturated rings. The van der Waals surface area contributed by atoms with Crippen LogP contribution in [0.2, 0.25) is 0 Å². The van der Waals surface area contributed by atoms with E-state index in [1.54, 1.807) is 6.07 Å². The molecule has 0 N–H and O–H groups in total. The van der Waals surface area contributed by atoms with Crippen LogP contribution >= 0.6 is 0 Å². The lowest BCUT2D eigenvalue weighted by Gasteiger charge is -2.43. The van der Waals surface area contributed by atoms with Gasteiger partial charge in [-0.1, -0.05) is 18.2 Å². The van der Waals surface area contributed by atoms with E-state index in [1.165, 1.54) is 24.5 Å². The van der Waals surface area contributed by atoms with E-state index in [9.17, 15) is 13.2 Å². The second-order valence-electron chi connectivity index (χ2n) is 6.59. The van der Waals surface area contributed by atoms with Crippen molar-refractivity contribution in [1.29, 1.82) is 0 Å². The zero-order valence-electron chi connectivity index (χ0n) is 13.5. The Hall–Kier alpha value is -2.15. The number of piperidine rings is 3. The fourth-order valence-electron chi connectivity index (χ4n) is 3.68. The first-order chi connectivity index (χ1) is 12.0. The average molecular weight is 349 g/mol. The molecule has 2 bridgehead atoms. The summed E-state index contributed by atoms with van der Waals surface area (Å²) in [6.07, 6.45) is 0.670. The molecule has 7 heteroatoms. The normalized spacial score (nSPS) is 25.8. The van der Waals surface area contributed by atoms with Crippen molar-refractivity contribution < 1.29 is 17.9 Å². The van der Waals surface area contributed by atoms with Gasteiger partial charge in [-0.15, -0.1) is 0 Å². The molecule has 4 heterocycles. The summed E-state index contributed by atoms with van der Waals surface area (Å²) >= 11 is 0. The van der Waals surface area contributed by atoms with Gasteiger partial charge in [-0.3, -0.25) is 4.90 Å². The predicted molar refractivity (Wildman–Crippen MR) is 86.1 cm³/mol. The van der Waals surface area contributed by atoms with Gasteiger partial charge in [0.1, 0.15) is 6.10 Å². The number of fused-ring (bicyclic) bond motifs is 3. The summed E-state index contributed by atoms with van der Waals surface area (Å²) in [5.74, 6) is 0.513. The SMILES string of the molecule is FC(F)(F)c1ccccc1-c1cnc(O[C@H]2CN3CCC2CC3)nc1. The van der Waals surface area contributed by atoms with Crippen molar-refractivity contribution in [2.24, 2.45) is 5.92 Å². The molecular weight excluding hydrogens is 331 g/mol. The second kappa shape index (κ2) is 6.29. The van der Waals surface area contributed by atoms with Gasteiger partial charge in [-0.05, 0) is 43.5 Å². The molecule has 1 aromatic heterocycles. The van der Waals surface area contributed by atoms with Crippen LogP contribution in [0.4, 0.5) is 13.2 Å². The van der Waals surface area contributed by atoms with Crippen molar-refractivity contribution in [2.45, 2.75) is 25.1 Å². The molecule has 0 amide bonds. The number of hydrogen-bond donors (Lipinski definition) is 0. The third kappa shape index (κ3) is 3.33. The first-order valence-corrected chi connectivity index (χ1v) is 8.38. The van der Waals surface area contributed by atoms with E-state index in [1.807, 2.05) is 0 Å². The lowest BCUT2D eigenvalue weighted by molar-refractivity contribution is -0.137. The smallest absolute Gasteiger partial charge is 0.417 e. The summed E-state index contributed by atoms with van der Waals surface area (Å²) in [5.41, 5.74) is -0.289. The van der Waals surface area contributed by atoms with Gasteiger partial charge < -0.3 is 4.74 Å². The van der Waals surface area contributed by atoms with Gasteiger partial charge in [0.2, 0.25) is 0 Å². The Labute approximate surface area is 143 Å². The van der Waals surface area contributed by atoms with Gasteiger partial charge in [0.05, 0.1) is 5.56 Å². The minimum Gasteiger partial charge on any atom is -0.458 e. The summed E-state index contributed by atoms with van der Waals surface area (Å²) in [4.78, 5) is 10.6. The summed E-state index contributed by atoms with van der Waals surface area (Å²) in [7, 11) is 0. The highest BCUT2D eigenvalue weighted by molar-refractivity contribution is 5.66. The maximum absolute atomic E-state index is 13.1. The number of aromatic nitrogens is 2. The van der Waals surface area contributed by atoms with E-state index >= 15 is 0 Å². The van der Waals surface area contributed by atoms with E-state index in [-0.39, 0.29) is 17.7 Å². The predicted octanol–water partition coefficient (Wildman–Crippen LogP) is 3.64. The summed E-state index contributed by atoms with van der Waals surface area (Å²) < 4.78 is 45.3. The van der Waals surface area contributed by atoms with Gasteiger partial charge in [0.25, 0.3) is 0 Å². The Morgan fingerprint density at radius 3 is 2.32 bits per heavy atom. The largest absolute Gasteiger partial charge is 0.458 e. The van der Waals surface area contributed by atoms with Gasteiger partial charge in [0, 0.05) is 24.5 Å². The molecule has 3 saturated heterocycles. The Balaban J connectivity index is 1.53. The molecule has 5 rings (SSSR count). The standard InChI is InChI=1S/C18H18F3N3O/c19-18(20,21)15-4-2-1-3-14(15)13-9-22-17(23-10-13)25-16-11-24-7-5-12(16)6-8-24/h1-4,9-10,12,16H,5-8,11H2/t16-/m0/s1. The number of rotatable bonds is 3. The van der Waals surface area contributed by atoms with E-state index in [0.29, 0.717) is 11.5 Å². The molecule has 1 aromatic carbocycles. The van der Waals surface area contributed by atoms with Gasteiger partial charge in [-0.2, -0.15) is 13.2 Å². The van der Waals surface area contributed by atoms with Crippen LogP contribution in [0.1, 0.15) is 18.4 Å². The van der Waals surface area contributed by atoms with Crippen molar-refractivity contribution >= 4 is 0 Å². The number of hydrogen-bond acceptors (Lipinski definition) is 4. The van der Waals surface area contributed by atoms with Crippen molar-refractivity contribution in [3.05, 3.63) is 42.2 Å². The van der Waals surface area contributed by atoms with Gasteiger partial charge in [0.15, 0.2) is 0 Å². The molecule has 3 aliphatic rings. The topological polar surface area (TPSA) is 38.2 Å². The molecule has 132 valence electrons. The molecule has 3 aliphatic heterocycles. The number of halogens is 3. The van der Waals surface area contributed by atoms with Crippen LogP contribution in [0, 0.1) is 5.92 Å². The Morgan fingerprint density at radius 2 is 1.72 bits per heavy atom. The fourth-order valence-corrected chi connectivity index (χ4v) is 3.68. The van der Waals surface area contributed by atoms with Crippen LogP contribution in [0.15, 0.2) is 36.7 Å². The first kappa shape index (κ1) is 16.3. The van der Waals surface area contributed by atoms with Crippen LogP contribution in [-0.4, -0.2) is 40.6 Å². The Morgan fingerprint density at radius 1 is 1.04 bits per heavy atom. The molecule has 0 unspecified atom stereocenters. The molecule has 0 saturated carbocycles. The van der Waals surface area contributed by atoms with Crippen LogP contribution < -0.4 is 4.74 Å². The third-order valence-electron chi connectivity index (χ3n) is 5.02. The minimum atomic E-state index is -4.42. The zero-order valence-corrected chi connectivity index (χ0v) is 13.5. The van der Waals surface area contributed by atoms with Crippen LogP contribution in [-0.2, 0) is 6.18 Å². The molecule has 0 aliphatic carbocycles. The lowest BCUT2D eigenvalue weighted by atomic mass is 9.86. The minimum absolute atomic E-state index is 0.0656. The average Bonchev–Trinajstić information content (AvgIpc) is 2.63. The summed E-state index contributed by atoms with van der Waals surface area (Å²) in [5, 5.41) is 0. The molecule has 1 atom stereocenters. The Bertz CT molecular complexity index is 740. The second-order valence-corrected chi connectivity index (χ2v) is 6.59. The molecule has 4 nitrogen and oxygen atoms in total. The van der Waals surface area contributed by atoms with Crippen molar-refractivity contribution in [2.75, 3.05) is 19.6 Å². The number of ether oxygens (including phenoxy) is 1. The summed E-state index contributed by atoms with van der Waals surface area (Å²) in [6.45, 7) is 3.09. The van der Waals surface area contributed by atoms with Gasteiger partial charge in [-0.25, -0.2) is 9.97 Å². The van der Waals surface area contributed by atoms with Crippen molar-refractivity contribution in [3.8, 4) is 17.1 Å². The third-order valence-corrected chi connectivity index (χ3v) is 5.02. The van der Waals surface area contributed by atoms with Crippen molar-refractivity contribution in [1.82, 2.24) is 14.9 Å². The Kier molecular flexibility index (Phi) is 4.11. The fraction of sp³-hybridized carbons (Fsp3) is 0.444. The van der Waals surface area contributed by atoms with E-state index in [4.69, 9.17) is 4.74 Å².